The Hall–Kier alpha value is -3.47. The quantitative estimate of drug-likeness (QED) is 0.408. The van der Waals surface area contributed by atoms with E-state index in [0.29, 0.717) is 11.7 Å². The van der Waals surface area contributed by atoms with Gasteiger partial charge in [0.15, 0.2) is 5.82 Å². The summed E-state index contributed by atoms with van der Waals surface area (Å²) in [5, 5.41) is 13.9. The number of anilines is 1. The summed E-state index contributed by atoms with van der Waals surface area (Å²) in [6, 6.07) is 4.61. The Bertz CT molecular complexity index is 1190. The molecule has 1 aromatic carbocycles. The predicted molar refractivity (Wildman–Crippen MR) is 121 cm³/mol. The number of tetrazole rings is 1. The summed E-state index contributed by atoms with van der Waals surface area (Å²) in [7, 11) is 0. The second kappa shape index (κ2) is 9.57. The third-order valence-electron chi connectivity index (χ3n) is 5.70. The molecule has 1 aliphatic heterocycles. The third kappa shape index (κ3) is 4.82. The number of piperidine rings is 1. The average molecular weight is 467 g/mol. The normalized spacial score (nSPS) is 14.5. The average Bonchev–Trinajstić information content (AvgIpc) is 3.56. The van der Waals surface area contributed by atoms with Gasteiger partial charge in [-0.2, -0.15) is 4.68 Å². The number of benzene rings is 1. The lowest BCUT2D eigenvalue weighted by atomic mass is 9.98. The van der Waals surface area contributed by atoms with Crippen molar-refractivity contribution in [2.45, 2.75) is 38.7 Å². The number of rotatable bonds is 7. The lowest BCUT2D eigenvalue weighted by Crippen LogP contribution is -2.34. The van der Waals surface area contributed by atoms with Crippen LogP contribution in [-0.2, 0) is 13.0 Å². The van der Waals surface area contributed by atoms with Crippen LogP contribution in [0.4, 0.5) is 10.3 Å². The molecule has 3 aromatic heterocycles. The lowest BCUT2D eigenvalue weighted by molar-refractivity contribution is 0.300. The molecule has 11 heteroatoms. The number of halogens is 1. The summed E-state index contributed by atoms with van der Waals surface area (Å²) in [6.07, 6.45) is 8.13. The van der Waals surface area contributed by atoms with Crippen LogP contribution >= 0.6 is 11.3 Å². The fourth-order valence-corrected chi connectivity index (χ4v) is 4.76. The van der Waals surface area contributed by atoms with Crippen LogP contribution in [0.1, 0.15) is 41.9 Å². The Kier molecular flexibility index (Phi) is 6.20. The molecule has 0 radical (unpaired) electrons. The van der Waals surface area contributed by atoms with E-state index in [9.17, 15) is 4.39 Å². The van der Waals surface area contributed by atoms with Crippen LogP contribution in [0.3, 0.4) is 0 Å². The first-order chi connectivity index (χ1) is 16.2. The molecule has 0 N–H and O–H groups in total. The Labute approximate surface area is 194 Å². The van der Waals surface area contributed by atoms with Crippen LogP contribution in [0.5, 0.6) is 5.75 Å². The summed E-state index contributed by atoms with van der Waals surface area (Å²) in [6.45, 7) is 4.21. The molecule has 5 rings (SSSR count). The summed E-state index contributed by atoms with van der Waals surface area (Å²) in [4.78, 5) is 16.0. The first-order valence-electron chi connectivity index (χ1n) is 10.9. The molecule has 9 nitrogen and oxygen atoms in total. The van der Waals surface area contributed by atoms with E-state index in [0.717, 1.165) is 54.6 Å². The van der Waals surface area contributed by atoms with Crippen molar-refractivity contribution in [3.05, 3.63) is 64.4 Å². The maximum atomic E-state index is 14.4. The van der Waals surface area contributed by atoms with Crippen LogP contribution in [0.15, 0.2) is 42.3 Å². The predicted octanol–water partition coefficient (Wildman–Crippen LogP) is 3.57. The van der Waals surface area contributed by atoms with Gasteiger partial charge in [0.05, 0.1) is 10.7 Å². The van der Waals surface area contributed by atoms with Crippen molar-refractivity contribution in [1.29, 1.82) is 0 Å². The zero-order chi connectivity index (χ0) is 22.6. The van der Waals surface area contributed by atoms with Crippen molar-refractivity contribution in [1.82, 2.24) is 35.2 Å². The van der Waals surface area contributed by atoms with Crippen LogP contribution in [0.2, 0.25) is 0 Å². The molecular formula is C22H23FN8OS. The van der Waals surface area contributed by atoms with Gasteiger partial charge < -0.3 is 9.64 Å². The summed E-state index contributed by atoms with van der Waals surface area (Å²) in [5.41, 5.74) is 2.26. The molecule has 0 amide bonds. The summed E-state index contributed by atoms with van der Waals surface area (Å²) < 4.78 is 21.4. The molecule has 170 valence electrons. The maximum Gasteiger partial charge on any atom is 0.225 e. The van der Waals surface area contributed by atoms with Crippen molar-refractivity contribution in [2.24, 2.45) is 0 Å². The van der Waals surface area contributed by atoms with Gasteiger partial charge in [0.1, 0.15) is 24.4 Å². The Balaban J connectivity index is 1.15. The number of hydrogen-bond donors (Lipinski definition) is 0. The van der Waals surface area contributed by atoms with Crippen LogP contribution < -0.4 is 9.64 Å². The van der Waals surface area contributed by atoms with Gasteiger partial charge in [-0.05, 0) is 47.4 Å². The molecule has 0 saturated carbocycles. The Morgan fingerprint density at radius 3 is 2.70 bits per heavy atom. The minimum Gasteiger partial charge on any atom is -0.487 e. The zero-order valence-corrected chi connectivity index (χ0v) is 19.0. The smallest absolute Gasteiger partial charge is 0.225 e. The van der Waals surface area contributed by atoms with Crippen molar-refractivity contribution in [3.63, 3.8) is 0 Å². The molecular weight excluding hydrogens is 443 g/mol. The number of hydrogen-bond acceptors (Lipinski definition) is 9. The molecule has 1 fully saturated rings. The van der Waals surface area contributed by atoms with Crippen LogP contribution in [0, 0.1) is 5.82 Å². The van der Waals surface area contributed by atoms with Crippen molar-refractivity contribution >= 4 is 17.3 Å². The van der Waals surface area contributed by atoms with E-state index in [1.807, 2.05) is 17.8 Å². The van der Waals surface area contributed by atoms with Crippen molar-refractivity contribution in [2.75, 3.05) is 18.0 Å². The molecule has 4 heterocycles. The van der Waals surface area contributed by atoms with Gasteiger partial charge in [-0.25, -0.2) is 19.3 Å². The van der Waals surface area contributed by atoms with E-state index in [1.54, 1.807) is 23.5 Å². The second-order valence-electron chi connectivity index (χ2n) is 7.84. The van der Waals surface area contributed by atoms with Crippen LogP contribution in [-0.4, -0.2) is 48.2 Å². The van der Waals surface area contributed by atoms with Gasteiger partial charge in [0.25, 0.3) is 0 Å². The molecule has 0 spiro atoms. The lowest BCUT2D eigenvalue weighted by Gasteiger charge is -2.31. The van der Waals surface area contributed by atoms with Gasteiger partial charge in [-0.15, -0.1) is 16.4 Å². The number of ether oxygens (including phenoxy) is 1. The standard InChI is InChI=1S/C22H23FN8OS/c1-2-15-10-24-22(25-11-15)30-7-5-16(6-8-30)21-27-17(13-33-21)12-32-18-3-4-20(19(23)9-18)31-14-26-28-29-31/h3-4,9-11,13-14,16H,2,5-8,12H2,1H3. The zero-order valence-electron chi connectivity index (χ0n) is 18.1. The Morgan fingerprint density at radius 2 is 2.00 bits per heavy atom. The molecule has 1 aliphatic rings. The first-order valence-corrected chi connectivity index (χ1v) is 11.7. The van der Waals surface area contributed by atoms with E-state index in [2.05, 4.69) is 37.3 Å². The van der Waals surface area contributed by atoms with Gasteiger partial charge in [-0.1, -0.05) is 6.92 Å². The highest BCUT2D eigenvalue weighted by Gasteiger charge is 2.24. The molecule has 33 heavy (non-hydrogen) atoms. The van der Waals surface area contributed by atoms with E-state index < -0.39 is 5.82 Å². The molecule has 0 bridgehead atoms. The van der Waals surface area contributed by atoms with Gasteiger partial charge in [-0.3, -0.25) is 0 Å². The largest absolute Gasteiger partial charge is 0.487 e. The third-order valence-corrected chi connectivity index (χ3v) is 6.75. The molecule has 4 aromatic rings. The van der Waals surface area contributed by atoms with E-state index in [-0.39, 0.29) is 12.3 Å². The minimum absolute atomic E-state index is 0.265. The fraction of sp³-hybridized carbons (Fsp3) is 0.364. The fourth-order valence-electron chi connectivity index (χ4n) is 3.79. The van der Waals surface area contributed by atoms with Crippen molar-refractivity contribution in [3.8, 4) is 11.4 Å². The highest BCUT2D eigenvalue weighted by atomic mass is 32.1. The van der Waals surface area contributed by atoms with Gasteiger partial charge in [0.2, 0.25) is 5.95 Å². The highest BCUT2D eigenvalue weighted by molar-refractivity contribution is 7.09. The van der Waals surface area contributed by atoms with E-state index >= 15 is 0 Å². The Morgan fingerprint density at radius 1 is 1.18 bits per heavy atom. The molecule has 0 unspecified atom stereocenters. The highest BCUT2D eigenvalue weighted by Crippen LogP contribution is 2.31. The maximum absolute atomic E-state index is 14.4. The topological polar surface area (TPSA) is 94.7 Å². The van der Waals surface area contributed by atoms with Crippen molar-refractivity contribution < 1.29 is 9.13 Å². The number of aromatic nitrogens is 7. The molecule has 0 atom stereocenters. The summed E-state index contributed by atoms with van der Waals surface area (Å²) >= 11 is 1.66. The molecule has 1 saturated heterocycles. The number of aryl methyl sites for hydroxylation is 1. The van der Waals surface area contributed by atoms with E-state index in [1.165, 1.54) is 17.1 Å². The van der Waals surface area contributed by atoms with Crippen LogP contribution in [0.25, 0.3) is 5.69 Å². The SMILES string of the molecule is CCc1cnc(N2CCC(c3nc(COc4ccc(-n5cnnn5)c(F)c4)cs3)CC2)nc1. The molecule has 0 aliphatic carbocycles. The van der Waals surface area contributed by atoms with E-state index in [4.69, 9.17) is 9.72 Å². The second-order valence-corrected chi connectivity index (χ2v) is 8.73. The number of nitrogens with zero attached hydrogens (tertiary/aromatic N) is 8. The summed E-state index contributed by atoms with van der Waals surface area (Å²) in [5.74, 6) is 1.19. The minimum atomic E-state index is -0.459. The van der Waals surface area contributed by atoms with Gasteiger partial charge >= 0.3 is 0 Å². The van der Waals surface area contributed by atoms with Gasteiger partial charge in [0, 0.05) is 42.8 Å². The number of thiazole rings is 1. The first kappa shape index (κ1) is 21.4. The monoisotopic (exact) mass is 466 g/mol.